The van der Waals surface area contributed by atoms with Crippen LogP contribution in [0.5, 0.6) is 0 Å². The van der Waals surface area contributed by atoms with Crippen molar-refractivity contribution in [3.05, 3.63) is 42.5 Å². The highest BCUT2D eigenvalue weighted by atomic mass is 15.3. The van der Waals surface area contributed by atoms with Crippen molar-refractivity contribution in [2.45, 2.75) is 13.0 Å². The van der Waals surface area contributed by atoms with Crippen LogP contribution >= 0.6 is 0 Å². The van der Waals surface area contributed by atoms with Gasteiger partial charge in [-0.3, -0.25) is 0 Å². The highest BCUT2D eigenvalue weighted by molar-refractivity contribution is 5.59. The first-order valence-corrected chi connectivity index (χ1v) is 6.70. The van der Waals surface area contributed by atoms with Gasteiger partial charge in [-0.25, -0.2) is 0 Å². The summed E-state index contributed by atoms with van der Waals surface area (Å²) in [6, 6.07) is 14.8. The number of hydrogen-bond acceptors (Lipinski definition) is 4. The Bertz CT molecular complexity index is 524. The quantitative estimate of drug-likeness (QED) is 0.889. The second-order valence-corrected chi connectivity index (χ2v) is 4.94. The highest BCUT2D eigenvalue weighted by Crippen LogP contribution is 2.18. The fourth-order valence-electron chi connectivity index (χ4n) is 2.40. The molecule has 0 bridgehead atoms. The first-order chi connectivity index (χ1) is 9.33. The summed E-state index contributed by atoms with van der Waals surface area (Å²) in [5, 5.41) is 12.1. The number of hydrogen-bond donors (Lipinski definition) is 1. The summed E-state index contributed by atoms with van der Waals surface area (Å²) in [6.45, 7) is 5.17. The number of benzene rings is 1. The zero-order valence-corrected chi connectivity index (χ0v) is 11.1. The Kier molecular flexibility index (Phi) is 3.42. The van der Waals surface area contributed by atoms with Crippen LogP contribution in [0.2, 0.25) is 0 Å². The lowest BCUT2D eigenvalue weighted by molar-refractivity contribution is 0.481. The zero-order valence-electron chi connectivity index (χ0n) is 11.1. The van der Waals surface area contributed by atoms with Crippen molar-refractivity contribution in [3.8, 4) is 11.3 Å². The molecule has 3 rings (SSSR count). The Hall–Kier alpha value is -1.94. The van der Waals surface area contributed by atoms with Gasteiger partial charge in [-0.15, -0.1) is 10.2 Å². The average molecular weight is 254 g/mol. The molecule has 0 spiro atoms. The molecule has 1 aliphatic heterocycles. The smallest absolute Gasteiger partial charge is 0.151 e. The third kappa shape index (κ3) is 2.74. The third-order valence-corrected chi connectivity index (χ3v) is 3.41. The van der Waals surface area contributed by atoms with E-state index in [9.17, 15) is 0 Å². The maximum atomic E-state index is 4.36. The van der Waals surface area contributed by atoms with E-state index in [0.717, 1.165) is 36.7 Å². The van der Waals surface area contributed by atoms with Gasteiger partial charge < -0.3 is 10.2 Å². The minimum absolute atomic E-state index is 0.504. The number of nitrogens with zero attached hydrogens (tertiary/aromatic N) is 3. The predicted molar refractivity (Wildman–Crippen MR) is 77.1 cm³/mol. The molecule has 4 heteroatoms. The monoisotopic (exact) mass is 254 g/mol. The van der Waals surface area contributed by atoms with Crippen molar-refractivity contribution < 1.29 is 0 Å². The minimum Gasteiger partial charge on any atom is -0.352 e. The summed E-state index contributed by atoms with van der Waals surface area (Å²) in [5.74, 6) is 0.966. The standard InChI is InChI=1S/C15H18N4/c1-12-11-19(10-9-16-12)15-8-7-14(17-18-15)13-5-3-2-4-6-13/h2-8,12,16H,9-11H2,1H3. The van der Waals surface area contributed by atoms with E-state index in [2.05, 4.69) is 45.5 Å². The lowest BCUT2D eigenvalue weighted by atomic mass is 10.1. The summed E-state index contributed by atoms with van der Waals surface area (Å²) in [7, 11) is 0. The summed E-state index contributed by atoms with van der Waals surface area (Å²) in [4.78, 5) is 2.28. The van der Waals surface area contributed by atoms with E-state index in [1.165, 1.54) is 0 Å². The van der Waals surface area contributed by atoms with E-state index < -0.39 is 0 Å². The van der Waals surface area contributed by atoms with Crippen LogP contribution in [-0.2, 0) is 0 Å². The number of rotatable bonds is 2. The van der Waals surface area contributed by atoms with Crippen molar-refractivity contribution in [2.75, 3.05) is 24.5 Å². The fourth-order valence-corrected chi connectivity index (χ4v) is 2.40. The lowest BCUT2D eigenvalue weighted by Gasteiger charge is -2.32. The second-order valence-electron chi connectivity index (χ2n) is 4.94. The van der Waals surface area contributed by atoms with Crippen LogP contribution in [0.4, 0.5) is 5.82 Å². The van der Waals surface area contributed by atoms with E-state index >= 15 is 0 Å². The summed E-state index contributed by atoms with van der Waals surface area (Å²) >= 11 is 0. The van der Waals surface area contributed by atoms with Crippen LogP contribution in [-0.4, -0.2) is 35.9 Å². The molecule has 1 saturated heterocycles. The van der Waals surface area contributed by atoms with Crippen molar-refractivity contribution in [1.29, 1.82) is 0 Å². The molecule has 0 saturated carbocycles. The molecular formula is C15H18N4. The zero-order chi connectivity index (χ0) is 13.1. The molecule has 1 aromatic carbocycles. The molecule has 2 aromatic rings. The fraction of sp³-hybridized carbons (Fsp3) is 0.333. The molecular weight excluding hydrogens is 236 g/mol. The maximum absolute atomic E-state index is 4.36. The van der Waals surface area contributed by atoms with E-state index in [1.807, 2.05) is 24.3 Å². The van der Waals surface area contributed by atoms with Gasteiger partial charge in [0.2, 0.25) is 0 Å². The molecule has 1 atom stereocenters. The summed E-state index contributed by atoms with van der Waals surface area (Å²) < 4.78 is 0. The Morgan fingerprint density at radius 1 is 1.11 bits per heavy atom. The van der Waals surface area contributed by atoms with E-state index in [1.54, 1.807) is 0 Å². The maximum Gasteiger partial charge on any atom is 0.151 e. The van der Waals surface area contributed by atoms with Crippen molar-refractivity contribution in [2.24, 2.45) is 0 Å². The van der Waals surface area contributed by atoms with Crippen LogP contribution in [0.3, 0.4) is 0 Å². The molecule has 0 radical (unpaired) electrons. The van der Waals surface area contributed by atoms with Gasteiger partial charge in [0.05, 0.1) is 5.69 Å². The van der Waals surface area contributed by atoms with Gasteiger partial charge in [0, 0.05) is 31.2 Å². The lowest BCUT2D eigenvalue weighted by Crippen LogP contribution is -2.49. The molecule has 2 heterocycles. The first kappa shape index (κ1) is 12.1. The van der Waals surface area contributed by atoms with Crippen molar-refractivity contribution >= 4 is 5.82 Å². The average Bonchev–Trinajstić information content (AvgIpc) is 2.48. The predicted octanol–water partition coefficient (Wildman–Crippen LogP) is 1.94. The molecule has 1 unspecified atom stereocenters. The largest absolute Gasteiger partial charge is 0.352 e. The topological polar surface area (TPSA) is 41.1 Å². The van der Waals surface area contributed by atoms with Crippen LogP contribution in [0, 0.1) is 0 Å². The van der Waals surface area contributed by atoms with Crippen LogP contribution in [0.1, 0.15) is 6.92 Å². The molecule has 4 nitrogen and oxygen atoms in total. The van der Waals surface area contributed by atoms with E-state index in [4.69, 9.17) is 0 Å². The second kappa shape index (κ2) is 5.36. The first-order valence-electron chi connectivity index (χ1n) is 6.70. The number of nitrogens with one attached hydrogen (secondary N) is 1. The third-order valence-electron chi connectivity index (χ3n) is 3.41. The van der Waals surface area contributed by atoms with Crippen molar-refractivity contribution in [1.82, 2.24) is 15.5 Å². The minimum atomic E-state index is 0.504. The summed E-state index contributed by atoms with van der Waals surface area (Å²) in [6.07, 6.45) is 0. The van der Waals surface area contributed by atoms with Gasteiger partial charge in [-0.05, 0) is 19.1 Å². The van der Waals surface area contributed by atoms with E-state index in [0.29, 0.717) is 6.04 Å². The molecule has 19 heavy (non-hydrogen) atoms. The SMILES string of the molecule is CC1CN(c2ccc(-c3ccccc3)nn2)CCN1. The highest BCUT2D eigenvalue weighted by Gasteiger charge is 2.17. The molecule has 1 aromatic heterocycles. The van der Waals surface area contributed by atoms with Gasteiger partial charge >= 0.3 is 0 Å². The Balaban J connectivity index is 1.79. The van der Waals surface area contributed by atoms with Crippen molar-refractivity contribution in [3.63, 3.8) is 0 Å². The number of anilines is 1. The molecule has 1 fully saturated rings. The number of piperazine rings is 1. The van der Waals surface area contributed by atoms with Crippen LogP contribution in [0.15, 0.2) is 42.5 Å². The summed E-state index contributed by atoms with van der Waals surface area (Å²) in [5.41, 5.74) is 2.03. The van der Waals surface area contributed by atoms with Gasteiger partial charge in [0.15, 0.2) is 5.82 Å². The molecule has 1 aliphatic rings. The Morgan fingerprint density at radius 3 is 2.63 bits per heavy atom. The van der Waals surface area contributed by atoms with Gasteiger partial charge in [0.25, 0.3) is 0 Å². The molecule has 1 N–H and O–H groups in total. The molecule has 0 amide bonds. The van der Waals surface area contributed by atoms with Gasteiger partial charge in [0.1, 0.15) is 0 Å². The van der Waals surface area contributed by atoms with Crippen LogP contribution < -0.4 is 10.2 Å². The Morgan fingerprint density at radius 2 is 1.95 bits per heavy atom. The van der Waals surface area contributed by atoms with E-state index in [-0.39, 0.29) is 0 Å². The molecule has 0 aliphatic carbocycles. The van der Waals surface area contributed by atoms with Crippen LogP contribution in [0.25, 0.3) is 11.3 Å². The van der Waals surface area contributed by atoms with Gasteiger partial charge in [-0.1, -0.05) is 30.3 Å². The normalized spacial score (nSPS) is 19.4. The van der Waals surface area contributed by atoms with Gasteiger partial charge in [-0.2, -0.15) is 0 Å². The Labute approximate surface area is 113 Å². The number of aromatic nitrogens is 2. The molecule has 98 valence electrons.